The first kappa shape index (κ1) is 19.2. The zero-order chi connectivity index (χ0) is 18.1. The van der Waals surface area contributed by atoms with E-state index in [1.165, 1.54) is 29.7 Å². The number of nitrogens with zero attached hydrogens (tertiary/aromatic N) is 1. The number of hydrogen-bond acceptors (Lipinski definition) is 0. The molecule has 2 rings (SSSR count). The van der Waals surface area contributed by atoms with Crippen molar-refractivity contribution in [3.8, 4) is 11.3 Å². The standard InChI is InChI=1S/C22H34GeN/c1-9-22(4,10-2)19-15-21(18-14-12-11-13-17(18)3)24(8)16-20(19)23(5,6)7/h11-16H,9-10H2,1-8H3/q+1. The molecule has 0 aliphatic carbocycles. The molecule has 0 atom stereocenters. The van der Waals surface area contributed by atoms with Crippen molar-refractivity contribution in [2.75, 3.05) is 0 Å². The first-order valence-electron chi connectivity index (χ1n) is 9.24. The van der Waals surface area contributed by atoms with Crippen LogP contribution in [-0.2, 0) is 12.5 Å². The zero-order valence-electron chi connectivity index (χ0n) is 16.8. The average Bonchev–Trinajstić information content (AvgIpc) is 2.54. The molecule has 0 bridgehead atoms. The van der Waals surface area contributed by atoms with Crippen LogP contribution in [0.1, 0.15) is 44.7 Å². The van der Waals surface area contributed by atoms with Crippen molar-refractivity contribution in [2.24, 2.45) is 7.05 Å². The minimum atomic E-state index is -1.95. The first-order valence-corrected chi connectivity index (χ1v) is 16.6. The average molecular weight is 385 g/mol. The monoisotopic (exact) mass is 386 g/mol. The third-order valence-corrected chi connectivity index (χ3v) is 9.94. The minimum absolute atomic E-state index is 0.263. The van der Waals surface area contributed by atoms with Crippen LogP contribution in [0.2, 0.25) is 17.3 Å². The van der Waals surface area contributed by atoms with Crippen LogP contribution >= 0.6 is 0 Å². The third kappa shape index (κ3) is 3.61. The van der Waals surface area contributed by atoms with Gasteiger partial charge in [0.2, 0.25) is 0 Å². The van der Waals surface area contributed by atoms with Crippen molar-refractivity contribution in [3.05, 3.63) is 47.7 Å². The summed E-state index contributed by atoms with van der Waals surface area (Å²) in [6.07, 6.45) is 4.83. The summed E-state index contributed by atoms with van der Waals surface area (Å²) in [4.78, 5) is 0. The number of rotatable bonds is 5. The molecule has 0 N–H and O–H groups in total. The van der Waals surface area contributed by atoms with Gasteiger partial charge in [-0.3, -0.25) is 0 Å². The molecule has 130 valence electrons. The second kappa shape index (κ2) is 7.03. The molecule has 0 saturated carbocycles. The number of benzene rings is 1. The fourth-order valence-corrected chi connectivity index (χ4v) is 7.20. The molecular weight excluding hydrogens is 351 g/mol. The van der Waals surface area contributed by atoms with Crippen LogP contribution in [0.3, 0.4) is 0 Å². The van der Waals surface area contributed by atoms with E-state index in [2.05, 4.69) is 93.1 Å². The quantitative estimate of drug-likeness (QED) is 0.498. The number of aryl methyl sites for hydroxylation is 2. The summed E-state index contributed by atoms with van der Waals surface area (Å²) in [6.45, 7) is 9.33. The van der Waals surface area contributed by atoms with Gasteiger partial charge in [0.05, 0.1) is 0 Å². The van der Waals surface area contributed by atoms with Crippen molar-refractivity contribution in [1.82, 2.24) is 0 Å². The van der Waals surface area contributed by atoms with Crippen molar-refractivity contribution < 1.29 is 4.57 Å². The van der Waals surface area contributed by atoms with Gasteiger partial charge < -0.3 is 0 Å². The molecular formula is C22H34GeN+. The van der Waals surface area contributed by atoms with E-state index >= 15 is 0 Å². The molecule has 0 fully saturated rings. The molecule has 0 aliphatic heterocycles. The van der Waals surface area contributed by atoms with Crippen LogP contribution in [0, 0.1) is 6.92 Å². The fraction of sp³-hybridized carbons (Fsp3) is 0.500. The van der Waals surface area contributed by atoms with E-state index < -0.39 is 13.3 Å². The molecule has 0 unspecified atom stereocenters. The van der Waals surface area contributed by atoms with Gasteiger partial charge in [0.25, 0.3) is 0 Å². The normalized spacial score (nSPS) is 12.5. The molecule has 2 aromatic rings. The van der Waals surface area contributed by atoms with Gasteiger partial charge >= 0.3 is 151 Å². The second-order valence-corrected chi connectivity index (χ2v) is 19.0. The van der Waals surface area contributed by atoms with Gasteiger partial charge in [-0.2, -0.15) is 0 Å². The van der Waals surface area contributed by atoms with Crippen molar-refractivity contribution in [3.63, 3.8) is 0 Å². The Morgan fingerprint density at radius 1 is 1.04 bits per heavy atom. The fourth-order valence-electron chi connectivity index (χ4n) is 3.50. The Labute approximate surface area is 151 Å². The molecule has 0 aliphatic rings. The Morgan fingerprint density at radius 3 is 2.12 bits per heavy atom. The summed E-state index contributed by atoms with van der Waals surface area (Å²) in [5, 5.41) is 0. The molecule has 0 spiro atoms. The van der Waals surface area contributed by atoms with E-state index in [0.717, 1.165) is 0 Å². The molecule has 0 amide bonds. The van der Waals surface area contributed by atoms with Gasteiger partial charge in [0.15, 0.2) is 0 Å². The topological polar surface area (TPSA) is 3.88 Å². The van der Waals surface area contributed by atoms with Crippen molar-refractivity contribution in [2.45, 2.75) is 63.2 Å². The third-order valence-electron chi connectivity index (χ3n) is 5.71. The molecule has 0 radical (unpaired) electrons. The molecule has 1 aromatic carbocycles. The van der Waals surface area contributed by atoms with E-state index in [0.29, 0.717) is 0 Å². The second-order valence-electron chi connectivity index (χ2n) is 8.43. The summed E-state index contributed by atoms with van der Waals surface area (Å²) in [6, 6.07) is 11.2. The molecule has 24 heavy (non-hydrogen) atoms. The maximum atomic E-state index is 2.51. The number of aromatic nitrogens is 1. The zero-order valence-corrected chi connectivity index (χ0v) is 18.9. The maximum absolute atomic E-state index is 2.51. The van der Waals surface area contributed by atoms with Gasteiger partial charge in [0, 0.05) is 0 Å². The van der Waals surface area contributed by atoms with Gasteiger partial charge in [-0.25, -0.2) is 0 Å². The molecule has 1 nitrogen and oxygen atoms in total. The van der Waals surface area contributed by atoms with E-state index in [9.17, 15) is 0 Å². The van der Waals surface area contributed by atoms with Crippen molar-refractivity contribution >= 4 is 17.7 Å². The van der Waals surface area contributed by atoms with Crippen LogP contribution in [0.4, 0.5) is 0 Å². The van der Waals surface area contributed by atoms with Crippen LogP contribution in [0.5, 0.6) is 0 Å². The molecule has 1 heterocycles. The summed E-state index contributed by atoms with van der Waals surface area (Å²) < 4.78 is 4.00. The van der Waals surface area contributed by atoms with Gasteiger partial charge in [0.1, 0.15) is 0 Å². The van der Waals surface area contributed by atoms with Crippen LogP contribution in [0.15, 0.2) is 36.5 Å². The Bertz CT molecular complexity index is 721. The predicted molar refractivity (Wildman–Crippen MR) is 109 cm³/mol. The Hall–Kier alpha value is -1.09. The molecule has 1 aromatic heterocycles. The van der Waals surface area contributed by atoms with E-state index in [1.54, 1.807) is 9.96 Å². The van der Waals surface area contributed by atoms with Gasteiger partial charge in [-0.15, -0.1) is 0 Å². The predicted octanol–water partition coefficient (Wildman–Crippen LogP) is 5.11. The van der Waals surface area contributed by atoms with Crippen LogP contribution in [0.25, 0.3) is 11.3 Å². The summed E-state index contributed by atoms with van der Waals surface area (Å²) in [7, 11) is 2.21. The Morgan fingerprint density at radius 2 is 1.62 bits per heavy atom. The van der Waals surface area contributed by atoms with E-state index in [1.807, 2.05) is 0 Å². The van der Waals surface area contributed by atoms with E-state index in [4.69, 9.17) is 0 Å². The van der Waals surface area contributed by atoms with Crippen LogP contribution in [-0.4, -0.2) is 13.3 Å². The summed E-state index contributed by atoms with van der Waals surface area (Å²) >= 11 is -1.95. The van der Waals surface area contributed by atoms with Gasteiger partial charge in [-0.1, -0.05) is 0 Å². The summed E-state index contributed by atoms with van der Waals surface area (Å²) in [5.41, 5.74) is 5.89. The van der Waals surface area contributed by atoms with Crippen LogP contribution < -0.4 is 8.96 Å². The SMILES string of the molecule is CCC(C)(CC)c1cc(-c2ccccc2C)[n+](C)c[c]1[Ge]([CH3])([CH3])[CH3]. The Kier molecular flexibility index (Phi) is 5.64. The number of hydrogen-bond donors (Lipinski definition) is 0. The summed E-state index contributed by atoms with van der Waals surface area (Å²) in [5.74, 6) is 7.54. The number of pyridine rings is 1. The van der Waals surface area contributed by atoms with Crippen molar-refractivity contribution in [1.29, 1.82) is 0 Å². The molecule has 2 heteroatoms. The van der Waals surface area contributed by atoms with E-state index in [-0.39, 0.29) is 5.41 Å². The van der Waals surface area contributed by atoms with Gasteiger partial charge in [-0.05, 0) is 0 Å². The molecule has 0 saturated heterocycles. The Balaban J connectivity index is 2.81. The first-order chi connectivity index (χ1) is 11.1.